The highest BCUT2D eigenvalue weighted by Crippen LogP contribution is 2.24. The van der Waals surface area contributed by atoms with E-state index in [-0.39, 0.29) is 22.0 Å². The molecule has 0 heterocycles. The minimum absolute atomic E-state index is 0.228. The molecule has 1 aromatic rings. The van der Waals surface area contributed by atoms with Crippen LogP contribution in [0, 0.1) is 5.82 Å². The third-order valence-electron chi connectivity index (χ3n) is 1.89. The third-order valence-corrected chi connectivity index (χ3v) is 2.44. The number of carbonyl (C=O) groups is 1. The first-order valence-corrected chi connectivity index (χ1v) is 5.41. The number of halogens is 6. The van der Waals surface area contributed by atoms with Crippen LogP contribution in [0.3, 0.4) is 0 Å². The summed E-state index contributed by atoms with van der Waals surface area (Å²) in [6.45, 7) is -1.42. The molecular weight excluding hydrogens is 297 g/mol. The number of hydrogen-bond donors (Lipinski definition) is 1. The van der Waals surface area contributed by atoms with Gasteiger partial charge < -0.3 is 5.32 Å². The smallest absolute Gasteiger partial charge is 0.347 e. The summed E-state index contributed by atoms with van der Waals surface area (Å²) in [7, 11) is 0. The van der Waals surface area contributed by atoms with E-state index >= 15 is 0 Å². The monoisotopic (exact) mass is 303 g/mol. The third kappa shape index (κ3) is 4.70. The second kappa shape index (κ2) is 5.75. The molecule has 0 spiro atoms. The zero-order chi connectivity index (χ0) is 13.9. The van der Waals surface area contributed by atoms with Crippen molar-refractivity contribution < 1.29 is 22.4 Å². The Kier molecular flexibility index (Phi) is 4.81. The average molecular weight is 304 g/mol. The molecule has 0 atom stereocenters. The fourth-order valence-corrected chi connectivity index (χ4v) is 1.69. The summed E-state index contributed by atoms with van der Waals surface area (Å²) in [4.78, 5) is 11.2. The van der Waals surface area contributed by atoms with Gasteiger partial charge in [0.05, 0.1) is 16.5 Å². The molecule has 0 radical (unpaired) electrons. The number of hydrogen-bond acceptors (Lipinski definition) is 1. The van der Waals surface area contributed by atoms with E-state index in [9.17, 15) is 22.4 Å². The number of benzene rings is 1. The van der Waals surface area contributed by atoms with Crippen LogP contribution in [0.2, 0.25) is 10.0 Å². The van der Waals surface area contributed by atoms with Gasteiger partial charge in [0.2, 0.25) is 5.91 Å². The highest BCUT2D eigenvalue weighted by molar-refractivity contribution is 6.35. The second-order valence-corrected chi connectivity index (χ2v) is 4.26. The minimum Gasteiger partial charge on any atom is -0.347 e. The van der Waals surface area contributed by atoms with E-state index in [2.05, 4.69) is 0 Å². The molecule has 0 aromatic heterocycles. The van der Waals surface area contributed by atoms with Crippen molar-refractivity contribution in [3.05, 3.63) is 33.6 Å². The van der Waals surface area contributed by atoms with Crippen LogP contribution in [0.15, 0.2) is 12.1 Å². The van der Waals surface area contributed by atoms with Crippen LogP contribution in [-0.4, -0.2) is 18.6 Å². The van der Waals surface area contributed by atoms with Crippen LogP contribution in [0.25, 0.3) is 0 Å². The summed E-state index contributed by atoms with van der Waals surface area (Å²) in [5.74, 6) is -1.69. The minimum atomic E-state index is -4.48. The maximum Gasteiger partial charge on any atom is 0.405 e. The predicted octanol–water partition coefficient (Wildman–Crippen LogP) is 3.35. The summed E-state index contributed by atoms with van der Waals surface area (Å²) >= 11 is 11.0. The standard InChI is InChI=1S/C10H7Cl2F4NO/c11-6-1-5(2-7(12)9(6)13)3-8(18)17-4-10(14,15)16/h1-2H,3-4H2,(H,17,18). The first-order chi connectivity index (χ1) is 8.19. The van der Waals surface area contributed by atoms with Crippen molar-refractivity contribution in [3.8, 4) is 0 Å². The molecule has 1 amide bonds. The lowest BCUT2D eigenvalue weighted by atomic mass is 10.1. The molecule has 100 valence electrons. The maximum absolute atomic E-state index is 13.0. The van der Waals surface area contributed by atoms with Gasteiger partial charge in [-0.15, -0.1) is 0 Å². The lowest BCUT2D eigenvalue weighted by Gasteiger charge is -2.09. The quantitative estimate of drug-likeness (QED) is 0.673. The predicted molar refractivity (Wildman–Crippen MR) is 59.2 cm³/mol. The van der Waals surface area contributed by atoms with E-state index in [4.69, 9.17) is 23.2 Å². The molecule has 0 fully saturated rings. The van der Waals surface area contributed by atoms with Gasteiger partial charge in [-0.2, -0.15) is 13.2 Å². The Bertz CT molecular complexity index is 439. The van der Waals surface area contributed by atoms with Gasteiger partial charge in [0.25, 0.3) is 0 Å². The van der Waals surface area contributed by atoms with Crippen LogP contribution >= 0.6 is 23.2 Å². The first-order valence-electron chi connectivity index (χ1n) is 4.66. The zero-order valence-electron chi connectivity index (χ0n) is 8.74. The number of carbonyl (C=O) groups excluding carboxylic acids is 1. The van der Waals surface area contributed by atoms with Gasteiger partial charge in [-0.1, -0.05) is 23.2 Å². The molecule has 1 aromatic carbocycles. The van der Waals surface area contributed by atoms with Crippen LogP contribution in [0.4, 0.5) is 17.6 Å². The summed E-state index contributed by atoms with van der Waals surface area (Å²) < 4.78 is 48.5. The first kappa shape index (κ1) is 15.0. The Morgan fingerprint density at radius 3 is 2.17 bits per heavy atom. The van der Waals surface area contributed by atoms with Crippen molar-refractivity contribution in [1.29, 1.82) is 0 Å². The lowest BCUT2D eigenvalue weighted by molar-refractivity contribution is -0.138. The van der Waals surface area contributed by atoms with Crippen molar-refractivity contribution in [1.82, 2.24) is 5.32 Å². The lowest BCUT2D eigenvalue weighted by Crippen LogP contribution is -2.34. The van der Waals surface area contributed by atoms with Crippen LogP contribution in [0.1, 0.15) is 5.56 Å². The molecule has 0 aliphatic rings. The Balaban J connectivity index is 2.65. The van der Waals surface area contributed by atoms with Gasteiger partial charge >= 0.3 is 6.18 Å². The van der Waals surface area contributed by atoms with Crippen LogP contribution < -0.4 is 5.32 Å². The second-order valence-electron chi connectivity index (χ2n) is 3.44. The molecule has 0 saturated carbocycles. The Morgan fingerprint density at radius 2 is 1.72 bits per heavy atom. The normalized spacial score (nSPS) is 11.4. The summed E-state index contributed by atoms with van der Waals surface area (Å²) in [6, 6.07) is 2.27. The number of amides is 1. The fourth-order valence-electron chi connectivity index (χ4n) is 1.16. The number of rotatable bonds is 3. The average Bonchev–Trinajstić information content (AvgIpc) is 2.22. The maximum atomic E-state index is 13.0. The number of nitrogens with one attached hydrogen (secondary N) is 1. The van der Waals surface area contributed by atoms with Gasteiger partial charge in [-0.05, 0) is 17.7 Å². The zero-order valence-corrected chi connectivity index (χ0v) is 10.3. The van der Waals surface area contributed by atoms with Gasteiger partial charge in [0, 0.05) is 0 Å². The molecule has 1 rings (SSSR count). The fraction of sp³-hybridized carbons (Fsp3) is 0.300. The van der Waals surface area contributed by atoms with Crippen LogP contribution in [-0.2, 0) is 11.2 Å². The van der Waals surface area contributed by atoms with Gasteiger partial charge in [0.1, 0.15) is 6.54 Å². The van der Waals surface area contributed by atoms with Crippen molar-refractivity contribution in [2.75, 3.05) is 6.54 Å². The van der Waals surface area contributed by atoms with Crippen molar-refractivity contribution in [2.45, 2.75) is 12.6 Å². The molecule has 0 saturated heterocycles. The van der Waals surface area contributed by atoms with E-state index < -0.39 is 24.4 Å². The highest BCUT2D eigenvalue weighted by Gasteiger charge is 2.27. The number of alkyl halides is 3. The van der Waals surface area contributed by atoms with Crippen molar-refractivity contribution in [2.24, 2.45) is 0 Å². The van der Waals surface area contributed by atoms with Gasteiger partial charge in [-0.25, -0.2) is 4.39 Å². The highest BCUT2D eigenvalue weighted by atomic mass is 35.5. The van der Waals surface area contributed by atoms with E-state index in [1.165, 1.54) is 0 Å². The van der Waals surface area contributed by atoms with Crippen LogP contribution in [0.5, 0.6) is 0 Å². The molecule has 0 bridgehead atoms. The van der Waals surface area contributed by atoms with Crippen molar-refractivity contribution in [3.63, 3.8) is 0 Å². The largest absolute Gasteiger partial charge is 0.405 e. The molecule has 18 heavy (non-hydrogen) atoms. The van der Waals surface area contributed by atoms with E-state index in [0.29, 0.717) is 0 Å². The molecule has 0 aliphatic carbocycles. The molecule has 0 unspecified atom stereocenters. The summed E-state index contributed by atoms with van der Waals surface area (Å²) in [5, 5.41) is 1.10. The van der Waals surface area contributed by atoms with Gasteiger partial charge in [-0.3, -0.25) is 4.79 Å². The molecule has 0 aliphatic heterocycles. The van der Waals surface area contributed by atoms with Crippen molar-refractivity contribution >= 4 is 29.1 Å². The summed E-state index contributed by atoms with van der Waals surface area (Å²) in [6.07, 6.45) is -4.84. The summed E-state index contributed by atoms with van der Waals surface area (Å²) in [5.41, 5.74) is 0.228. The molecule has 2 nitrogen and oxygen atoms in total. The Hall–Kier alpha value is -1.01. The molecule has 1 N–H and O–H groups in total. The molecular formula is C10H7Cl2F4NO. The Labute approximate surface area is 110 Å². The van der Waals surface area contributed by atoms with Gasteiger partial charge in [0.15, 0.2) is 5.82 Å². The SMILES string of the molecule is O=C(Cc1cc(Cl)c(F)c(Cl)c1)NCC(F)(F)F. The Morgan fingerprint density at radius 1 is 1.22 bits per heavy atom. The van der Waals surface area contributed by atoms with E-state index in [1.54, 1.807) is 5.32 Å². The molecule has 8 heteroatoms. The van der Waals surface area contributed by atoms with E-state index in [1.807, 2.05) is 0 Å². The topological polar surface area (TPSA) is 29.1 Å². The van der Waals surface area contributed by atoms with E-state index in [0.717, 1.165) is 12.1 Å².